The molecule has 8 aliphatic rings. The van der Waals surface area contributed by atoms with Crippen LogP contribution in [0.2, 0.25) is 0 Å². The van der Waals surface area contributed by atoms with Crippen molar-refractivity contribution in [1.29, 1.82) is 0 Å². The SMILES string of the molecule is CC1CC(C(CC(C)(C)CC(C2CC(C)C3OC3(C)C2)C2CC(C)C3OC3(C)C2)C2CC(C)C3OC3(C)C2)CC2(C)OC12. The summed E-state index contributed by atoms with van der Waals surface area (Å²) in [5.74, 6) is 7.39. The number of hydrogen-bond acceptors (Lipinski definition) is 4. The zero-order valence-electron chi connectivity index (χ0n) is 29.3. The molecule has 16 atom stereocenters. The Morgan fingerprint density at radius 3 is 0.930 bits per heavy atom. The molecule has 0 spiro atoms. The average Bonchev–Trinajstić information content (AvgIpc) is 3.75. The maximum absolute atomic E-state index is 6.39. The van der Waals surface area contributed by atoms with Gasteiger partial charge in [0.05, 0.1) is 46.8 Å². The second-order valence-corrected chi connectivity index (χ2v) is 20.0. The predicted octanol–water partition coefficient (Wildman–Crippen LogP) is 8.84. The highest BCUT2D eigenvalue weighted by molar-refractivity contribution is 5.13. The third-order valence-corrected chi connectivity index (χ3v) is 15.2. The fraction of sp³-hybridized carbons (Fsp3) is 1.00. The van der Waals surface area contributed by atoms with E-state index in [1.54, 1.807) is 0 Å². The van der Waals surface area contributed by atoms with Crippen LogP contribution in [0.1, 0.15) is 133 Å². The Balaban J connectivity index is 1.06. The molecule has 0 aromatic carbocycles. The molecule has 244 valence electrons. The summed E-state index contributed by atoms with van der Waals surface area (Å²) in [5.41, 5.74) is 0.860. The first kappa shape index (κ1) is 30.2. The predicted molar refractivity (Wildman–Crippen MR) is 171 cm³/mol. The Morgan fingerprint density at radius 1 is 0.488 bits per heavy atom. The van der Waals surface area contributed by atoms with Crippen LogP contribution in [0.5, 0.6) is 0 Å². The van der Waals surface area contributed by atoms with E-state index in [0.717, 1.165) is 35.5 Å². The van der Waals surface area contributed by atoms with Crippen LogP contribution in [-0.2, 0) is 18.9 Å². The highest BCUT2D eigenvalue weighted by atomic mass is 16.6. The molecular formula is C39H64O4. The number of ether oxygens (including phenoxy) is 4. The molecule has 0 aromatic heterocycles. The van der Waals surface area contributed by atoms with Gasteiger partial charge in [-0.2, -0.15) is 0 Å². The van der Waals surface area contributed by atoms with Crippen LogP contribution >= 0.6 is 0 Å². The van der Waals surface area contributed by atoms with Gasteiger partial charge in [0.1, 0.15) is 0 Å². The van der Waals surface area contributed by atoms with Crippen molar-refractivity contribution in [1.82, 2.24) is 0 Å². The second kappa shape index (κ2) is 9.47. The van der Waals surface area contributed by atoms with Gasteiger partial charge < -0.3 is 18.9 Å². The first-order valence-electron chi connectivity index (χ1n) is 18.7. The van der Waals surface area contributed by atoms with E-state index in [1.807, 2.05) is 0 Å². The smallest absolute Gasteiger partial charge is 0.0926 e. The first-order chi connectivity index (χ1) is 20.0. The van der Waals surface area contributed by atoms with Gasteiger partial charge in [0.2, 0.25) is 0 Å². The third kappa shape index (κ3) is 5.12. The van der Waals surface area contributed by atoms with Crippen LogP contribution < -0.4 is 0 Å². The highest BCUT2D eigenvalue weighted by Crippen LogP contribution is 2.63. The molecule has 4 heterocycles. The molecule has 0 radical (unpaired) electrons. The maximum atomic E-state index is 6.39. The van der Waals surface area contributed by atoms with E-state index in [9.17, 15) is 0 Å². The Labute approximate surface area is 263 Å². The quantitative estimate of drug-likeness (QED) is 0.263. The Morgan fingerprint density at radius 2 is 0.721 bits per heavy atom. The standard InChI is InChI=1S/C39H64O4/c1-21-11-25(15-36(7)31(21)40-36)29(26-12-22(2)32-37(8,16-26)41-32)19-35(5,6)20-30(27-13-23(3)33-38(9,17-27)42-33)28-14-24(4)34-39(10,18-28)43-34/h21-34H,11-20H2,1-10H3. The summed E-state index contributed by atoms with van der Waals surface area (Å²) in [6.07, 6.45) is 15.2. The zero-order chi connectivity index (χ0) is 30.5. The lowest BCUT2D eigenvalue weighted by molar-refractivity contribution is 0.0282. The van der Waals surface area contributed by atoms with Crippen molar-refractivity contribution in [2.24, 2.45) is 64.6 Å². The summed E-state index contributed by atoms with van der Waals surface area (Å²) in [6.45, 7) is 24.9. The summed E-state index contributed by atoms with van der Waals surface area (Å²) in [5, 5.41) is 0. The average molecular weight is 597 g/mol. The lowest BCUT2D eigenvalue weighted by Gasteiger charge is -2.47. The molecule has 4 saturated heterocycles. The van der Waals surface area contributed by atoms with E-state index in [4.69, 9.17) is 18.9 Å². The maximum Gasteiger partial charge on any atom is 0.0926 e. The number of hydrogen-bond donors (Lipinski definition) is 0. The van der Waals surface area contributed by atoms with Gasteiger partial charge in [-0.05, 0) is 156 Å². The molecule has 0 N–H and O–H groups in total. The van der Waals surface area contributed by atoms with Gasteiger partial charge in [0.15, 0.2) is 0 Å². The topological polar surface area (TPSA) is 50.1 Å². The monoisotopic (exact) mass is 596 g/mol. The van der Waals surface area contributed by atoms with Gasteiger partial charge in [-0.3, -0.25) is 0 Å². The van der Waals surface area contributed by atoms with Gasteiger partial charge in [0.25, 0.3) is 0 Å². The summed E-state index contributed by atoms with van der Waals surface area (Å²) in [6, 6.07) is 0. The molecule has 0 bridgehead atoms. The largest absolute Gasteiger partial charge is 0.366 e. The van der Waals surface area contributed by atoms with Crippen molar-refractivity contribution < 1.29 is 18.9 Å². The number of epoxide rings is 4. The number of rotatable bonds is 8. The molecule has 4 aliphatic heterocycles. The van der Waals surface area contributed by atoms with Crippen molar-refractivity contribution in [3.8, 4) is 0 Å². The molecule has 4 saturated carbocycles. The van der Waals surface area contributed by atoms with E-state index in [-0.39, 0.29) is 22.4 Å². The van der Waals surface area contributed by atoms with Gasteiger partial charge in [-0.15, -0.1) is 0 Å². The van der Waals surface area contributed by atoms with E-state index in [0.29, 0.717) is 53.5 Å². The number of fused-ring (bicyclic) bond motifs is 4. The van der Waals surface area contributed by atoms with Crippen LogP contribution in [0, 0.1) is 64.6 Å². The molecule has 4 heteroatoms. The van der Waals surface area contributed by atoms with E-state index in [1.165, 1.54) is 64.2 Å². The molecule has 0 amide bonds. The summed E-state index contributed by atoms with van der Waals surface area (Å²) >= 11 is 0. The lowest BCUT2D eigenvalue weighted by Crippen LogP contribution is -2.43. The van der Waals surface area contributed by atoms with Crippen molar-refractivity contribution in [2.45, 2.75) is 180 Å². The van der Waals surface area contributed by atoms with Gasteiger partial charge in [-0.1, -0.05) is 41.5 Å². The summed E-state index contributed by atoms with van der Waals surface area (Å²) in [4.78, 5) is 0. The molecule has 4 aliphatic carbocycles. The van der Waals surface area contributed by atoms with Crippen molar-refractivity contribution in [3.05, 3.63) is 0 Å². The normalized spacial score (nSPS) is 59.6. The molecule has 4 nitrogen and oxygen atoms in total. The van der Waals surface area contributed by atoms with Crippen LogP contribution in [-0.4, -0.2) is 46.8 Å². The molecule has 43 heavy (non-hydrogen) atoms. The molecule has 8 rings (SSSR count). The molecule has 0 aromatic rings. The van der Waals surface area contributed by atoms with Gasteiger partial charge in [0, 0.05) is 0 Å². The Bertz CT molecular complexity index is 961. The van der Waals surface area contributed by atoms with Crippen molar-refractivity contribution in [2.75, 3.05) is 0 Å². The fourth-order valence-corrected chi connectivity index (χ4v) is 13.5. The Hall–Kier alpha value is -0.160. The lowest BCUT2D eigenvalue weighted by atomic mass is 9.56. The Kier molecular flexibility index (Phi) is 6.65. The fourth-order valence-electron chi connectivity index (χ4n) is 13.5. The zero-order valence-corrected chi connectivity index (χ0v) is 29.3. The molecule has 16 unspecified atom stereocenters. The molecule has 8 fully saturated rings. The minimum absolute atomic E-state index is 0.138. The second-order valence-electron chi connectivity index (χ2n) is 20.0. The van der Waals surface area contributed by atoms with Crippen LogP contribution in [0.3, 0.4) is 0 Å². The highest BCUT2D eigenvalue weighted by Gasteiger charge is 2.65. The third-order valence-electron chi connectivity index (χ3n) is 15.2. The van der Waals surface area contributed by atoms with Crippen LogP contribution in [0.4, 0.5) is 0 Å². The van der Waals surface area contributed by atoms with Crippen molar-refractivity contribution >= 4 is 0 Å². The van der Waals surface area contributed by atoms with Crippen LogP contribution in [0.25, 0.3) is 0 Å². The minimum atomic E-state index is 0.138. The van der Waals surface area contributed by atoms with Crippen molar-refractivity contribution in [3.63, 3.8) is 0 Å². The van der Waals surface area contributed by atoms with Crippen LogP contribution in [0.15, 0.2) is 0 Å². The first-order valence-corrected chi connectivity index (χ1v) is 18.7. The van der Waals surface area contributed by atoms with E-state index >= 15 is 0 Å². The van der Waals surface area contributed by atoms with E-state index in [2.05, 4.69) is 69.2 Å². The minimum Gasteiger partial charge on any atom is -0.366 e. The van der Waals surface area contributed by atoms with Gasteiger partial charge >= 0.3 is 0 Å². The van der Waals surface area contributed by atoms with Gasteiger partial charge in [-0.25, -0.2) is 0 Å². The van der Waals surface area contributed by atoms with E-state index < -0.39 is 0 Å². The summed E-state index contributed by atoms with van der Waals surface area (Å²) in [7, 11) is 0. The molecular weight excluding hydrogens is 532 g/mol. The summed E-state index contributed by atoms with van der Waals surface area (Å²) < 4.78 is 25.6.